The summed E-state index contributed by atoms with van der Waals surface area (Å²) in [4.78, 5) is 12.7. The van der Waals surface area contributed by atoms with Crippen LogP contribution < -0.4 is 10.1 Å². The zero-order chi connectivity index (χ0) is 23.5. The van der Waals surface area contributed by atoms with Gasteiger partial charge in [-0.15, -0.1) is 0 Å². The van der Waals surface area contributed by atoms with Crippen LogP contribution >= 0.6 is 11.6 Å². The molecule has 2 heterocycles. The Balaban J connectivity index is 1.23. The minimum Gasteiger partial charge on any atom is -0.485 e. The predicted octanol–water partition coefficient (Wildman–Crippen LogP) is 6.47. The molecule has 0 fully saturated rings. The van der Waals surface area contributed by atoms with Crippen LogP contribution in [0.3, 0.4) is 0 Å². The molecule has 0 aliphatic heterocycles. The first kappa shape index (κ1) is 21.8. The number of furan rings is 1. The van der Waals surface area contributed by atoms with Crippen molar-refractivity contribution in [2.45, 2.75) is 20.1 Å². The molecule has 0 saturated carbocycles. The number of anilines is 1. The first-order valence-corrected chi connectivity index (χ1v) is 11.2. The second-order valence-electron chi connectivity index (χ2n) is 7.91. The predicted molar refractivity (Wildman–Crippen MR) is 132 cm³/mol. The molecule has 0 unspecified atom stereocenters. The van der Waals surface area contributed by atoms with Crippen molar-refractivity contribution in [2.24, 2.45) is 0 Å². The van der Waals surface area contributed by atoms with E-state index in [1.807, 2.05) is 79.7 Å². The van der Waals surface area contributed by atoms with Gasteiger partial charge < -0.3 is 14.5 Å². The molecule has 5 aromatic rings. The highest BCUT2D eigenvalue weighted by molar-refractivity contribution is 6.31. The van der Waals surface area contributed by atoms with Crippen LogP contribution in [0.1, 0.15) is 27.6 Å². The second-order valence-corrected chi connectivity index (χ2v) is 8.31. The van der Waals surface area contributed by atoms with E-state index in [4.69, 9.17) is 20.8 Å². The average molecular weight is 472 g/mol. The molecule has 0 bridgehead atoms. The monoisotopic (exact) mass is 471 g/mol. The molecule has 0 spiro atoms. The van der Waals surface area contributed by atoms with Crippen molar-refractivity contribution in [1.82, 2.24) is 9.78 Å². The molecule has 6 nitrogen and oxygen atoms in total. The number of halogens is 1. The van der Waals surface area contributed by atoms with E-state index >= 15 is 0 Å². The summed E-state index contributed by atoms with van der Waals surface area (Å²) in [5, 5.41) is 10.1. The molecule has 3 aromatic carbocycles. The first-order valence-electron chi connectivity index (χ1n) is 10.9. The number of aryl methyl sites for hydroxylation is 1. The quantitative estimate of drug-likeness (QED) is 0.295. The van der Waals surface area contributed by atoms with Crippen LogP contribution in [-0.2, 0) is 13.2 Å². The fourth-order valence-corrected chi connectivity index (χ4v) is 3.94. The van der Waals surface area contributed by atoms with Gasteiger partial charge in [-0.3, -0.25) is 9.48 Å². The number of hydrogen-bond acceptors (Lipinski definition) is 4. The van der Waals surface area contributed by atoms with E-state index in [1.54, 1.807) is 16.8 Å². The van der Waals surface area contributed by atoms with Crippen LogP contribution in [0.15, 0.2) is 89.3 Å². The van der Waals surface area contributed by atoms with Gasteiger partial charge in [0.15, 0.2) is 11.6 Å². The lowest BCUT2D eigenvalue weighted by Crippen LogP contribution is -2.12. The lowest BCUT2D eigenvalue weighted by molar-refractivity contribution is 0.0992. The molecule has 1 N–H and O–H groups in total. The molecule has 5 rings (SSSR count). The van der Waals surface area contributed by atoms with Crippen molar-refractivity contribution in [3.05, 3.63) is 113 Å². The van der Waals surface area contributed by atoms with Gasteiger partial charge in [-0.2, -0.15) is 5.10 Å². The molecular weight excluding hydrogens is 450 g/mol. The standard InChI is InChI=1S/C27H22ClN3O3/c1-18-15-26(30-31(18)16-20-8-3-5-11-23(20)28)29-27(32)25-14-13-21(34-25)17-33-24-12-6-9-19-7-2-4-10-22(19)24/h2-15H,16-17H2,1H3,(H,29,30,32). The number of ether oxygens (including phenoxy) is 1. The summed E-state index contributed by atoms with van der Waals surface area (Å²) in [6.45, 7) is 2.65. The van der Waals surface area contributed by atoms with E-state index < -0.39 is 0 Å². The molecule has 0 atom stereocenters. The number of aromatic nitrogens is 2. The van der Waals surface area contributed by atoms with E-state index in [0.29, 0.717) is 23.1 Å². The van der Waals surface area contributed by atoms with Gasteiger partial charge in [-0.25, -0.2) is 0 Å². The van der Waals surface area contributed by atoms with Crippen LogP contribution in [0.4, 0.5) is 5.82 Å². The fourth-order valence-electron chi connectivity index (χ4n) is 3.75. The van der Waals surface area contributed by atoms with E-state index in [0.717, 1.165) is 27.8 Å². The summed E-state index contributed by atoms with van der Waals surface area (Å²) in [6, 6.07) is 26.7. The number of carbonyl (C=O) groups excluding carboxylic acids is 1. The van der Waals surface area contributed by atoms with Gasteiger partial charge in [0.1, 0.15) is 18.1 Å². The number of nitrogens with zero attached hydrogens (tertiary/aromatic N) is 2. The minimum atomic E-state index is -0.376. The molecule has 170 valence electrons. The maximum atomic E-state index is 12.7. The Morgan fingerprint density at radius 2 is 1.82 bits per heavy atom. The minimum absolute atomic E-state index is 0.190. The Morgan fingerprint density at radius 1 is 1.03 bits per heavy atom. The van der Waals surface area contributed by atoms with E-state index in [2.05, 4.69) is 10.4 Å². The number of hydrogen-bond donors (Lipinski definition) is 1. The molecule has 1 amide bonds. The summed E-state index contributed by atoms with van der Waals surface area (Å²) in [5.41, 5.74) is 1.86. The molecule has 0 radical (unpaired) electrons. The Hall–Kier alpha value is -4.03. The summed E-state index contributed by atoms with van der Waals surface area (Å²) in [7, 11) is 0. The SMILES string of the molecule is Cc1cc(NC(=O)c2ccc(COc3cccc4ccccc34)o2)nn1Cc1ccccc1Cl. The van der Waals surface area contributed by atoms with E-state index in [1.165, 1.54) is 0 Å². The third-order valence-corrected chi connectivity index (χ3v) is 5.87. The van der Waals surface area contributed by atoms with Gasteiger partial charge >= 0.3 is 0 Å². The molecule has 0 saturated heterocycles. The number of fused-ring (bicyclic) bond motifs is 1. The van der Waals surface area contributed by atoms with Gasteiger partial charge in [-0.1, -0.05) is 66.2 Å². The van der Waals surface area contributed by atoms with Gasteiger partial charge in [0.05, 0.1) is 6.54 Å². The van der Waals surface area contributed by atoms with Crippen molar-refractivity contribution in [3.8, 4) is 5.75 Å². The topological polar surface area (TPSA) is 69.3 Å². The number of carbonyl (C=O) groups is 1. The molecule has 0 aliphatic carbocycles. The largest absolute Gasteiger partial charge is 0.485 e. The van der Waals surface area contributed by atoms with E-state index in [9.17, 15) is 4.79 Å². The lowest BCUT2D eigenvalue weighted by atomic mass is 10.1. The zero-order valence-corrected chi connectivity index (χ0v) is 19.3. The Kier molecular flexibility index (Phi) is 6.06. The fraction of sp³-hybridized carbons (Fsp3) is 0.111. The summed E-state index contributed by atoms with van der Waals surface area (Å²) >= 11 is 6.26. The van der Waals surface area contributed by atoms with Crippen molar-refractivity contribution < 1.29 is 13.9 Å². The smallest absolute Gasteiger partial charge is 0.292 e. The highest BCUT2D eigenvalue weighted by Crippen LogP contribution is 2.26. The normalized spacial score (nSPS) is 11.0. The van der Waals surface area contributed by atoms with Crippen molar-refractivity contribution in [2.75, 3.05) is 5.32 Å². The second kappa shape index (κ2) is 9.45. The van der Waals surface area contributed by atoms with Crippen LogP contribution in [-0.4, -0.2) is 15.7 Å². The molecule has 7 heteroatoms. The van der Waals surface area contributed by atoms with Gasteiger partial charge in [0.2, 0.25) is 0 Å². The van der Waals surface area contributed by atoms with Crippen molar-refractivity contribution in [1.29, 1.82) is 0 Å². The molecular formula is C27H22ClN3O3. The third-order valence-electron chi connectivity index (χ3n) is 5.51. The lowest BCUT2D eigenvalue weighted by Gasteiger charge is -2.08. The summed E-state index contributed by atoms with van der Waals surface area (Å²) in [6.07, 6.45) is 0. The summed E-state index contributed by atoms with van der Waals surface area (Å²) in [5.74, 6) is 1.58. The molecule has 0 aliphatic rings. The Morgan fingerprint density at radius 3 is 2.71 bits per heavy atom. The third kappa shape index (κ3) is 4.67. The number of rotatable bonds is 7. The van der Waals surface area contributed by atoms with Gasteiger partial charge in [-0.05, 0) is 42.1 Å². The maximum absolute atomic E-state index is 12.7. The first-order chi connectivity index (χ1) is 16.6. The zero-order valence-electron chi connectivity index (χ0n) is 18.5. The molecule has 2 aromatic heterocycles. The Bertz CT molecular complexity index is 1470. The van der Waals surface area contributed by atoms with Gasteiger partial charge in [0.25, 0.3) is 5.91 Å². The maximum Gasteiger partial charge on any atom is 0.292 e. The molecule has 34 heavy (non-hydrogen) atoms. The van der Waals surface area contributed by atoms with Gasteiger partial charge in [0, 0.05) is 22.2 Å². The van der Waals surface area contributed by atoms with Crippen LogP contribution in [0, 0.1) is 6.92 Å². The highest BCUT2D eigenvalue weighted by atomic mass is 35.5. The average Bonchev–Trinajstić information content (AvgIpc) is 3.45. The van der Waals surface area contributed by atoms with Crippen molar-refractivity contribution in [3.63, 3.8) is 0 Å². The van der Waals surface area contributed by atoms with E-state index in [-0.39, 0.29) is 18.3 Å². The summed E-state index contributed by atoms with van der Waals surface area (Å²) < 4.78 is 13.5. The van der Waals surface area contributed by atoms with Crippen LogP contribution in [0.5, 0.6) is 5.75 Å². The number of nitrogens with one attached hydrogen (secondary N) is 1. The van der Waals surface area contributed by atoms with Crippen LogP contribution in [0.25, 0.3) is 10.8 Å². The van der Waals surface area contributed by atoms with Crippen LogP contribution in [0.2, 0.25) is 5.02 Å². The number of amides is 1. The van der Waals surface area contributed by atoms with Crippen molar-refractivity contribution >= 4 is 34.1 Å². The Labute approximate surface area is 201 Å². The highest BCUT2D eigenvalue weighted by Gasteiger charge is 2.15. The number of benzene rings is 3.